The molecule has 0 bridgehead atoms. The standard InChI is InChI=1S/C9H14N2O2/c1-11-6-7(5-10-11)13-9-4-2-3-8(9)12/h5-6,8-9,12H,2-4H2,1H3/t8-,9-/m1/s1. The number of rotatable bonds is 2. The Morgan fingerprint density at radius 2 is 2.46 bits per heavy atom. The van der Waals surface area contributed by atoms with Crippen molar-refractivity contribution in [1.82, 2.24) is 9.78 Å². The molecule has 1 fully saturated rings. The predicted molar refractivity (Wildman–Crippen MR) is 47.5 cm³/mol. The van der Waals surface area contributed by atoms with Crippen LogP contribution in [0.4, 0.5) is 0 Å². The van der Waals surface area contributed by atoms with E-state index in [9.17, 15) is 5.11 Å². The topological polar surface area (TPSA) is 47.3 Å². The van der Waals surface area contributed by atoms with Crippen LogP contribution >= 0.6 is 0 Å². The molecule has 0 unspecified atom stereocenters. The molecule has 4 heteroatoms. The van der Waals surface area contributed by atoms with Gasteiger partial charge in [0.1, 0.15) is 6.10 Å². The van der Waals surface area contributed by atoms with Gasteiger partial charge in [0.15, 0.2) is 5.75 Å². The Kier molecular flexibility index (Phi) is 2.22. The van der Waals surface area contributed by atoms with Crippen molar-refractivity contribution in [2.75, 3.05) is 0 Å². The van der Waals surface area contributed by atoms with Crippen LogP contribution in [0.15, 0.2) is 12.4 Å². The van der Waals surface area contributed by atoms with E-state index in [0.717, 1.165) is 25.0 Å². The van der Waals surface area contributed by atoms with Crippen LogP contribution in [0.5, 0.6) is 5.75 Å². The molecule has 0 saturated heterocycles. The number of aliphatic hydroxyl groups is 1. The van der Waals surface area contributed by atoms with Gasteiger partial charge in [-0.2, -0.15) is 5.10 Å². The molecule has 1 aliphatic rings. The van der Waals surface area contributed by atoms with E-state index in [1.54, 1.807) is 10.9 Å². The number of hydrogen-bond acceptors (Lipinski definition) is 3. The number of aromatic nitrogens is 2. The molecule has 2 rings (SSSR count). The second kappa shape index (κ2) is 3.38. The molecule has 1 aliphatic carbocycles. The average molecular weight is 182 g/mol. The summed E-state index contributed by atoms with van der Waals surface area (Å²) in [5.41, 5.74) is 0. The Bertz CT molecular complexity index is 285. The van der Waals surface area contributed by atoms with Gasteiger partial charge in [0.25, 0.3) is 0 Å². The zero-order valence-electron chi connectivity index (χ0n) is 7.68. The minimum Gasteiger partial charge on any atom is -0.484 e. The fraction of sp³-hybridized carbons (Fsp3) is 0.667. The zero-order valence-corrected chi connectivity index (χ0v) is 7.68. The summed E-state index contributed by atoms with van der Waals surface area (Å²) in [6, 6.07) is 0. The molecule has 1 saturated carbocycles. The maximum absolute atomic E-state index is 9.50. The van der Waals surface area contributed by atoms with Crippen molar-refractivity contribution in [3.05, 3.63) is 12.4 Å². The summed E-state index contributed by atoms with van der Waals surface area (Å²) in [5.74, 6) is 0.744. The minimum absolute atomic E-state index is 0.0378. The summed E-state index contributed by atoms with van der Waals surface area (Å²) in [6.45, 7) is 0. The molecule has 4 nitrogen and oxygen atoms in total. The van der Waals surface area contributed by atoms with Crippen molar-refractivity contribution in [3.8, 4) is 5.75 Å². The molecule has 72 valence electrons. The minimum atomic E-state index is -0.305. The third kappa shape index (κ3) is 1.83. The second-order valence-electron chi connectivity index (χ2n) is 3.50. The lowest BCUT2D eigenvalue weighted by molar-refractivity contribution is 0.0603. The summed E-state index contributed by atoms with van der Waals surface area (Å²) in [4.78, 5) is 0. The van der Waals surface area contributed by atoms with Crippen LogP contribution in [-0.2, 0) is 7.05 Å². The summed E-state index contributed by atoms with van der Waals surface area (Å²) < 4.78 is 7.27. The maximum atomic E-state index is 9.50. The first-order valence-corrected chi connectivity index (χ1v) is 4.59. The van der Waals surface area contributed by atoms with Crippen molar-refractivity contribution in [3.63, 3.8) is 0 Å². The fourth-order valence-corrected chi connectivity index (χ4v) is 1.68. The molecular weight excluding hydrogens is 168 g/mol. The lowest BCUT2D eigenvalue weighted by Crippen LogP contribution is -2.25. The molecule has 1 aromatic heterocycles. The van der Waals surface area contributed by atoms with Crippen LogP contribution in [-0.4, -0.2) is 27.1 Å². The molecule has 0 radical (unpaired) electrons. The number of aliphatic hydroxyl groups excluding tert-OH is 1. The van der Waals surface area contributed by atoms with Crippen LogP contribution in [0.2, 0.25) is 0 Å². The third-order valence-corrected chi connectivity index (χ3v) is 2.39. The van der Waals surface area contributed by atoms with Crippen LogP contribution in [0, 0.1) is 0 Å². The van der Waals surface area contributed by atoms with Gasteiger partial charge in [0.05, 0.1) is 18.5 Å². The smallest absolute Gasteiger partial charge is 0.157 e. The van der Waals surface area contributed by atoms with E-state index in [1.807, 2.05) is 13.2 Å². The largest absolute Gasteiger partial charge is 0.484 e. The van der Waals surface area contributed by atoms with Gasteiger partial charge in [-0.15, -0.1) is 0 Å². The number of aryl methyl sites for hydroxylation is 1. The van der Waals surface area contributed by atoms with Crippen LogP contribution in [0.1, 0.15) is 19.3 Å². The first kappa shape index (κ1) is 8.56. The first-order chi connectivity index (χ1) is 6.25. The van der Waals surface area contributed by atoms with Crippen molar-refractivity contribution < 1.29 is 9.84 Å². The Balaban J connectivity index is 1.97. The number of ether oxygens (including phenoxy) is 1. The molecule has 1 N–H and O–H groups in total. The summed E-state index contributed by atoms with van der Waals surface area (Å²) >= 11 is 0. The van der Waals surface area contributed by atoms with Crippen molar-refractivity contribution in [1.29, 1.82) is 0 Å². The highest BCUT2D eigenvalue weighted by Crippen LogP contribution is 2.23. The van der Waals surface area contributed by atoms with E-state index in [-0.39, 0.29) is 12.2 Å². The van der Waals surface area contributed by atoms with Crippen LogP contribution in [0.3, 0.4) is 0 Å². The van der Waals surface area contributed by atoms with Gasteiger partial charge in [-0.3, -0.25) is 4.68 Å². The van der Waals surface area contributed by atoms with Gasteiger partial charge >= 0.3 is 0 Å². The molecule has 1 aromatic rings. The highest BCUT2D eigenvalue weighted by atomic mass is 16.5. The highest BCUT2D eigenvalue weighted by Gasteiger charge is 2.27. The van der Waals surface area contributed by atoms with Crippen LogP contribution < -0.4 is 4.74 Å². The van der Waals surface area contributed by atoms with E-state index in [1.165, 1.54) is 0 Å². The lowest BCUT2D eigenvalue weighted by Gasteiger charge is -2.14. The molecule has 2 atom stereocenters. The lowest BCUT2D eigenvalue weighted by atomic mass is 10.3. The SMILES string of the molecule is Cn1cc(O[C@@H]2CCC[C@H]2O)cn1. The van der Waals surface area contributed by atoms with Gasteiger partial charge in [0.2, 0.25) is 0 Å². The first-order valence-electron chi connectivity index (χ1n) is 4.59. The molecule has 0 aromatic carbocycles. The summed E-state index contributed by atoms with van der Waals surface area (Å²) in [5, 5.41) is 13.5. The normalized spacial score (nSPS) is 27.8. The van der Waals surface area contributed by atoms with Gasteiger partial charge in [-0.25, -0.2) is 0 Å². The fourth-order valence-electron chi connectivity index (χ4n) is 1.68. The highest BCUT2D eigenvalue weighted by molar-refractivity contribution is 5.12. The maximum Gasteiger partial charge on any atom is 0.157 e. The number of nitrogens with zero attached hydrogens (tertiary/aromatic N) is 2. The van der Waals surface area contributed by atoms with E-state index in [2.05, 4.69) is 5.10 Å². The molecular formula is C9H14N2O2. The van der Waals surface area contributed by atoms with Gasteiger partial charge in [0, 0.05) is 7.05 Å². The van der Waals surface area contributed by atoms with E-state index in [4.69, 9.17) is 4.74 Å². The van der Waals surface area contributed by atoms with Gasteiger partial charge < -0.3 is 9.84 Å². The Morgan fingerprint density at radius 1 is 1.62 bits per heavy atom. The molecule has 0 aliphatic heterocycles. The predicted octanol–water partition coefficient (Wildman–Crippen LogP) is 0.712. The van der Waals surface area contributed by atoms with E-state index < -0.39 is 0 Å². The molecule has 13 heavy (non-hydrogen) atoms. The quantitative estimate of drug-likeness (QED) is 0.732. The van der Waals surface area contributed by atoms with Gasteiger partial charge in [-0.05, 0) is 19.3 Å². The molecule has 0 amide bonds. The summed E-state index contributed by atoms with van der Waals surface area (Å²) in [7, 11) is 1.85. The van der Waals surface area contributed by atoms with E-state index >= 15 is 0 Å². The molecule has 0 spiro atoms. The van der Waals surface area contributed by atoms with Crippen molar-refractivity contribution >= 4 is 0 Å². The van der Waals surface area contributed by atoms with Crippen LogP contribution in [0.25, 0.3) is 0 Å². The Morgan fingerprint density at radius 3 is 3.00 bits per heavy atom. The monoisotopic (exact) mass is 182 g/mol. The number of hydrogen-bond donors (Lipinski definition) is 1. The third-order valence-electron chi connectivity index (χ3n) is 2.39. The Labute approximate surface area is 77.1 Å². The van der Waals surface area contributed by atoms with Crippen molar-refractivity contribution in [2.24, 2.45) is 7.05 Å². The summed E-state index contributed by atoms with van der Waals surface area (Å²) in [6.07, 6.45) is 5.98. The molecule has 1 heterocycles. The second-order valence-corrected chi connectivity index (χ2v) is 3.50. The zero-order chi connectivity index (χ0) is 9.26. The van der Waals surface area contributed by atoms with Crippen molar-refractivity contribution in [2.45, 2.75) is 31.5 Å². The van der Waals surface area contributed by atoms with Gasteiger partial charge in [-0.1, -0.05) is 0 Å². The Hall–Kier alpha value is -1.03. The van der Waals surface area contributed by atoms with E-state index in [0.29, 0.717) is 0 Å². The average Bonchev–Trinajstić information content (AvgIpc) is 2.64.